The third kappa shape index (κ3) is 5.39. The molecule has 1 saturated heterocycles. The molecular formula is C19H27N5O2. The first-order chi connectivity index (χ1) is 12.7. The molecule has 0 aliphatic carbocycles. The minimum absolute atomic E-state index is 0.0265. The molecule has 1 fully saturated rings. The summed E-state index contributed by atoms with van der Waals surface area (Å²) >= 11 is 0. The van der Waals surface area contributed by atoms with Crippen molar-refractivity contribution in [2.24, 2.45) is 0 Å². The summed E-state index contributed by atoms with van der Waals surface area (Å²) in [5.41, 5.74) is 1.88. The van der Waals surface area contributed by atoms with Gasteiger partial charge in [-0.25, -0.2) is 4.98 Å². The molecule has 0 saturated carbocycles. The van der Waals surface area contributed by atoms with Crippen molar-refractivity contribution in [1.82, 2.24) is 14.9 Å². The lowest BCUT2D eigenvalue weighted by atomic mass is 10.1. The lowest BCUT2D eigenvalue weighted by Gasteiger charge is -2.26. The molecule has 1 atom stereocenters. The molecule has 3 N–H and O–H groups in total. The van der Waals surface area contributed by atoms with Gasteiger partial charge in [0.1, 0.15) is 5.82 Å². The third-order valence-corrected chi connectivity index (χ3v) is 4.28. The lowest BCUT2D eigenvalue weighted by molar-refractivity contribution is 0.0398. The Morgan fingerprint density at radius 3 is 2.69 bits per heavy atom. The normalized spacial score (nSPS) is 16.2. The molecule has 0 amide bonds. The van der Waals surface area contributed by atoms with Gasteiger partial charge in [0.2, 0.25) is 5.95 Å². The number of morpholine rings is 1. The van der Waals surface area contributed by atoms with E-state index in [2.05, 4.69) is 25.5 Å². The Hall–Kier alpha value is -2.22. The highest BCUT2D eigenvalue weighted by molar-refractivity contribution is 5.64. The Kier molecular flexibility index (Phi) is 6.76. The van der Waals surface area contributed by atoms with Crippen LogP contribution in [0.4, 0.5) is 11.8 Å². The summed E-state index contributed by atoms with van der Waals surface area (Å²) in [5, 5.41) is 15.8. The smallest absolute Gasteiger partial charge is 0.225 e. The molecule has 0 radical (unpaired) electrons. The van der Waals surface area contributed by atoms with Crippen molar-refractivity contribution >= 4 is 11.8 Å². The molecule has 2 heterocycles. The Morgan fingerprint density at radius 2 is 1.96 bits per heavy atom. The number of aromatic nitrogens is 2. The number of anilines is 2. The average molecular weight is 357 g/mol. The van der Waals surface area contributed by atoms with Crippen LogP contribution in [0, 0.1) is 0 Å². The fourth-order valence-corrected chi connectivity index (χ4v) is 2.79. The summed E-state index contributed by atoms with van der Waals surface area (Å²) in [7, 11) is 0. The monoisotopic (exact) mass is 357 g/mol. The van der Waals surface area contributed by atoms with Crippen LogP contribution in [0.3, 0.4) is 0 Å². The molecule has 1 aliphatic heterocycles. The fraction of sp³-hybridized carbons (Fsp3) is 0.474. The molecule has 1 aliphatic rings. The molecular weight excluding hydrogens is 330 g/mol. The van der Waals surface area contributed by atoms with Gasteiger partial charge in [-0.05, 0) is 6.92 Å². The van der Waals surface area contributed by atoms with Crippen LogP contribution in [0.5, 0.6) is 0 Å². The quantitative estimate of drug-likeness (QED) is 0.663. The van der Waals surface area contributed by atoms with E-state index in [9.17, 15) is 5.11 Å². The van der Waals surface area contributed by atoms with E-state index in [0.29, 0.717) is 5.95 Å². The Morgan fingerprint density at radius 1 is 1.19 bits per heavy atom. The molecule has 0 bridgehead atoms. The zero-order chi connectivity index (χ0) is 18.2. The molecule has 3 rings (SSSR count). The number of hydrogen-bond acceptors (Lipinski definition) is 7. The number of hydrogen-bond donors (Lipinski definition) is 3. The number of benzene rings is 1. The number of rotatable bonds is 8. The van der Waals surface area contributed by atoms with Crippen LogP contribution in [0.1, 0.15) is 6.92 Å². The minimum Gasteiger partial charge on any atom is -0.394 e. The molecule has 1 aromatic heterocycles. The van der Waals surface area contributed by atoms with Gasteiger partial charge >= 0.3 is 0 Å². The van der Waals surface area contributed by atoms with Crippen molar-refractivity contribution in [2.75, 3.05) is 56.6 Å². The summed E-state index contributed by atoms with van der Waals surface area (Å²) in [6.45, 7) is 7.23. The Balaban J connectivity index is 1.71. The first-order valence-corrected chi connectivity index (χ1v) is 9.10. The fourth-order valence-electron chi connectivity index (χ4n) is 2.79. The molecule has 7 nitrogen and oxygen atoms in total. The van der Waals surface area contributed by atoms with Gasteiger partial charge in [0, 0.05) is 43.9 Å². The van der Waals surface area contributed by atoms with E-state index >= 15 is 0 Å². The van der Waals surface area contributed by atoms with Crippen molar-refractivity contribution in [1.29, 1.82) is 0 Å². The molecule has 2 aromatic rings. The molecule has 140 valence electrons. The molecule has 26 heavy (non-hydrogen) atoms. The number of aliphatic hydroxyl groups is 1. The zero-order valence-electron chi connectivity index (χ0n) is 15.2. The Bertz CT molecular complexity index is 677. The summed E-state index contributed by atoms with van der Waals surface area (Å²) in [6, 6.07) is 11.9. The first-order valence-electron chi connectivity index (χ1n) is 9.10. The summed E-state index contributed by atoms with van der Waals surface area (Å²) < 4.78 is 5.38. The maximum Gasteiger partial charge on any atom is 0.225 e. The highest BCUT2D eigenvalue weighted by atomic mass is 16.5. The third-order valence-electron chi connectivity index (χ3n) is 4.28. The van der Waals surface area contributed by atoms with Crippen LogP contribution >= 0.6 is 0 Å². The molecule has 0 spiro atoms. The van der Waals surface area contributed by atoms with Crippen LogP contribution < -0.4 is 10.6 Å². The predicted octanol–water partition coefficient (Wildman–Crippen LogP) is 1.68. The van der Waals surface area contributed by atoms with Gasteiger partial charge in [-0.2, -0.15) is 4.98 Å². The average Bonchev–Trinajstić information content (AvgIpc) is 2.69. The van der Waals surface area contributed by atoms with Gasteiger partial charge in [-0.15, -0.1) is 0 Å². The Labute approximate surface area is 154 Å². The van der Waals surface area contributed by atoms with Crippen molar-refractivity contribution < 1.29 is 9.84 Å². The standard InChI is InChI=1S/C19H27N5O2/c1-15(14-25)21-19-22-17(16-5-3-2-4-6-16)13-18(23-19)20-7-8-24-9-11-26-12-10-24/h2-6,13,15,25H,7-12,14H2,1H3,(H2,20,21,22,23)/t15-/m0/s1. The number of nitrogens with zero attached hydrogens (tertiary/aromatic N) is 3. The molecule has 1 aromatic carbocycles. The molecule has 0 unspecified atom stereocenters. The maximum absolute atomic E-state index is 9.29. The van der Waals surface area contributed by atoms with E-state index in [1.165, 1.54) is 0 Å². The van der Waals surface area contributed by atoms with Crippen LogP contribution in [-0.2, 0) is 4.74 Å². The number of ether oxygens (including phenoxy) is 1. The van der Waals surface area contributed by atoms with Gasteiger partial charge in [-0.1, -0.05) is 30.3 Å². The largest absolute Gasteiger partial charge is 0.394 e. The summed E-state index contributed by atoms with van der Waals surface area (Å²) in [6.07, 6.45) is 0. The van der Waals surface area contributed by atoms with Crippen LogP contribution in [-0.4, -0.2) is 72.0 Å². The highest BCUT2D eigenvalue weighted by Crippen LogP contribution is 2.21. The van der Waals surface area contributed by atoms with Crippen LogP contribution in [0.2, 0.25) is 0 Å². The molecule has 7 heteroatoms. The van der Waals surface area contributed by atoms with Crippen molar-refractivity contribution in [3.8, 4) is 11.3 Å². The van der Waals surface area contributed by atoms with Crippen molar-refractivity contribution in [3.05, 3.63) is 36.4 Å². The van der Waals surface area contributed by atoms with Crippen LogP contribution in [0.15, 0.2) is 36.4 Å². The number of aliphatic hydroxyl groups excluding tert-OH is 1. The van der Waals surface area contributed by atoms with E-state index in [1.807, 2.05) is 43.3 Å². The minimum atomic E-state index is -0.109. The SMILES string of the molecule is C[C@@H](CO)Nc1nc(NCCN2CCOCC2)cc(-c2ccccc2)n1. The summed E-state index contributed by atoms with van der Waals surface area (Å²) in [4.78, 5) is 11.5. The van der Waals surface area contributed by atoms with Gasteiger partial charge in [0.25, 0.3) is 0 Å². The van der Waals surface area contributed by atoms with E-state index in [0.717, 1.165) is 56.5 Å². The predicted molar refractivity (Wildman–Crippen MR) is 103 cm³/mol. The van der Waals surface area contributed by atoms with E-state index in [1.54, 1.807) is 0 Å². The van der Waals surface area contributed by atoms with Crippen molar-refractivity contribution in [3.63, 3.8) is 0 Å². The second-order valence-corrected chi connectivity index (χ2v) is 6.44. The highest BCUT2D eigenvalue weighted by Gasteiger charge is 2.11. The van der Waals surface area contributed by atoms with Gasteiger partial charge < -0.3 is 20.5 Å². The van der Waals surface area contributed by atoms with Gasteiger partial charge in [-0.3, -0.25) is 4.90 Å². The van der Waals surface area contributed by atoms with Gasteiger partial charge in [0.15, 0.2) is 0 Å². The lowest BCUT2D eigenvalue weighted by Crippen LogP contribution is -2.39. The first kappa shape index (κ1) is 18.6. The van der Waals surface area contributed by atoms with Crippen LogP contribution in [0.25, 0.3) is 11.3 Å². The van der Waals surface area contributed by atoms with E-state index in [4.69, 9.17) is 4.74 Å². The van der Waals surface area contributed by atoms with E-state index < -0.39 is 0 Å². The van der Waals surface area contributed by atoms with Crippen molar-refractivity contribution in [2.45, 2.75) is 13.0 Å². The zero-order valence-corrected chi connectivity index (χ0v) is 15.2. The number of nitrogens with one attached hydrogen (secondary N) is 2. The second-order valence-electron chi connectivity index (χ2n) is 6.44. The van der Waals surface area contributed by atoms with E-state index in [-0.39, 0.29) is 12.6 Å². The topological polar surface area (TPSA) is 82.5 Å². The second kappa shape index (κ2) is 9.47. The summed E-state index contributed by atoms with van der Waals surface area (Å²) in [5.74, 6) is 1.29. The maximum atomic E-state index is 9.29. The van der Waals surface area contributed by atoms with Gasteiger partial charge in [0.05, 0.1) is 25.5 Å².